The standard InChI is InChI=1S/C15H22FN3O3S/c1-4-5-6-9(2)10-7-12(16)11(14(20)19-15(17)18)8-13(10)23(3,21)22/h7-9H,4-6H2,1-3H3,(H4,17,18,19,20). The van der Waals surface area contributed by atoms with E-state index in [2.05, 4.69) is 4.99 Å². The topological polar surface area (TPSA) is 116 Å². The van der Waals surface area contributed by atoms with Gasteiger partial charge in [0, 0.05) is 6.26 Å². The molecule has 0 aliphatic carbocycles. The molecule has 0 aromatic heterocycles. The number of benzene rings is 1. The molecule has 1 rings (SSSR count). The number of sulfone groups is 1. The number of halogens is 1. The highest BCUT2D eigenvalue weighted by Gasteiger charge is 2.23. The molecule has 0 heterocycles. The van der Waals surface area contributed by atoms with Crippen molar-refractivity contribution in [2.45, 2.75) is 43.9 Å². The van der Waals surface area contributed by atoms with Crippen molar-refractivity contribution in [1.29, 1.82) is 0 Å². The van der Waals surface area contributed by atoms with Gasteiger partial charge < -0.3 is 11.5 Å². The van der Waals surface area contributed by atoms with Crippen LogP contribution in [-0.4, -0.2) is 26.5 Å². The fourth-order valence-corrected chi connectivity index (χ4v) is 3.30. The van der Waals surface area contributed by atoms with Crippen LogP contribution in [0.25, 0.3) is 0 Å². The average Bonchev–Trinajstić information content (AvgIpc) is 2.42. The molecule has 0 fully saturated rings. The first-order chi connectivity index (χ1) is 10.6. The zero-order chi connectivity index (χ0) is 17.8. The van der Waals surface area contributed by atoms with Crippen molar-refractivity contribution in [2.24, 2.45) is 16.5 Å². The summed E-state index contributed by atoms with van der Waals surface area (Å²) in [4.78, 5) is 15.0. The predicted octanol–water partition coefficient (Wildman–Crippen LogP) is 1.94. The van der Waals surface area contributed by atoms with Gasteiger partial charge in [-0.05, 0) is 30.0 Å². The number of guanidine groups is 1. The van der Waals surface area contributed by atoms with Crippen molar-refractivity contribution in [3.05, 3.63) is 29.1 Å². The molecular formula is C15H22FN3O3S. The lowest BCUT2D eigenvalue weighted by Gasteiger charge is -2.16. The Morgan fingerprint density at radius 2 is 1.96 bits per heavy atom. The Balaban J connectivity index is 3.48. The molecule has 128 valence electrons. The Morgan fingerprint density at radius 3 is 2.43 bits per heavy atom. The third kappa shape index (κ3) is 5.02. The molecule has 0 radical (unpaired) electrons. The maximum atomic E-state index is 14.2. The fraction of sp³-hybridized carbons (Fsp3) is 0.467. The van der Waals surface area contributed by atoms with Crippen molar-refractivity contribution in [3.8, 4) is 0 Å². The minimum Gasteiger partial charge on any atom is -0.370 e. The summed E-state index contributed by atoms with van der Waals surface area (Å²) in [5.74, 6) is -2.52. The Bertz CT molecular complexity index is 726. The van der Waals surface area contributed by atoms with Crippen LogP contribution in [0.15, 0.2) is 22.0 Å². The normalized spacial score (nSPS) is 12.7. The van der Waals surface area contributed by atoms with Crippen molar-refractivity contribution in [1.82, 2.24) is 0 Å². The largest absolute Gasteiger partial charge is 0.370 e. The molecule has 1 atom stereocenters. The van der Waals surface area contributed by atoms with Gasteiger partial charge in [-0.1, -0.05) is 26.7 Å². The number of nitrogens with zero attached hydrogens (tertiary/aromatic N) is 1. The number of hydrogen-bond acceptors (Lipinski definition) is 3. The Kier molecular flexibility index (Phi) is 6.26. The quantitative estimate of drug-likeness (QED) is 0.465. The van der Waals surface area contributed by atoms with Crippen molar-refractivity contribution >= 4 is 21.7 Å². The summed E-state index contributed by atoms with van der Waals surface area (Å²) < 4.78 is 38.3. The summed E-state index contributed by atoms with van der Waals surface area (Å²) in [6.07, 6.45) is 3.58. The maximum absolute atomic E-state index is 14.2. The van der Waals surface area contributed by atoms with Crippen LogP contribution >= 0.6 is 0 Å². The second kappa shape index (κ2) is 7.54. The van der Waals surface area contributed by atoms with Gasteiger partial charge in [0.05, 0.1) is 10.5 Å². The molecular weight excluding hydrogens is 321 g/mol. The summed E-state index contributed by atoms with van der Waals surface area (Å²) in [6.45, 7) is 3.85. The Labute approximate surface area is 135 Å². The summed E-state index contributed by atoms with van der Waals surface area (Å²) >= 11 is 0. The van der Waals surface area contributed by atoms with Crippen LogP contribution in [0.3, 0.4) is 0 Å². The summed E-state index contributed by atoms with van der Waals surface area (Å²) in [5.41, 5.74) is 10.1. The van der Waals surface area contributed by atoms with E-state index in [0.29, 0.717) is 5.56 Å². The first kappa shape index (κ1) is 19.1. The summed E-state index contributed by atoms with van der Waals surface area (Å²) in [6, 6.07) is 2.10. The van der Waals surface area contributed by atoms with E-state index in [9.17, 15) is 17.6 Å². The Hall–Kier alpha value is -1.96. The minimum atomic E-state index is -3.63. The highest BCUT2D eigenvalue weighted by atomic mass is 32.2. The van der Waals surface area contributed by atoms with Crippen LogP contribution in [0.5, 0.6) is 0 Å². The molecule has 6 nitrogen and oxygen atoms in total. The van der Waals surface area contributed by atoms with Crippen LogP contribution in [0, 0.1) is 5.82 Å². The lowest BCUT2D eigenvalue weighted by Crippen LogP contribution is -2.24. The van der Waals surface area contributed by atoms with E-state index in [4.69, 9.17) is 11.5 Å². The average molecular weight is 343 g/mol. The molecule has 0 spiro atoms. The minimum absolute atomic E-state index is 0.0726. The summed E-state index contributed by atoms with van der Waals surface area (Å²) in [7, 11) is -3.63. The van der Waals surface area contributed by atoms with Gasteiger partial charge in [0.1, 0.15) is 5.82 Å². The first-order valence-corrected chi connectivity index (χ1v) is 9.14. The zero-order valence-corrected chi connectivity index (χ0v) is 14.3. The van der Waals surface area contributed by atoms with E-state index in [0.717, 1.165) is 37.7 Å². The molecule has 1 aromatic rings. The smallest absolute Gasteiger partial charge is 0.283 e. The number of amides is 1. The van der Waals surface area contributed by atoms with Crippen molar-refractivity contribution < 1.29 is 17.6 Å². The molecule has 0 aliphatic heterocycles. The van der Waals surface area contributed by atoms with E-state index in [1.807, 2.05) is 13.8 Å². The van der Waals surface area contributed by atoms with Gasteiger partial charge >= 0.3 is 0 Å². The second-order valence-electron chi connectivity index (χ2n) is 5.53. The number of carbonyl (C=O) groups is 1. The maximum Gasteiger partial charge on any atom is 0.283 e. The second-order valence-corrected chi connectivity index (χ2v) is 7.51. The monoisotopic (exact) mass is 343 g/mol. The molecule has 1 amide bonds. The zero-order valence-electron chi connectivity index (χ0n) is 13.5. The van der Waals surface area contributed by atoms with Gasteiger partial charge in [-0.15, -0.1) is 0 Å². The van der Waals surface area contributed by atoms with E-state index < -0.39 is 33.1 Å². The van der Waals surface area contributed by atoms with E-state index >= 15 is 0 Å². The van der Waals surface area contributed by atoms with E-state index in [-0.39, 0.29) is 10.8 Å². The van der Waals surface area contributed by atoms with Crippen LogP contribution in [0.1, 0.15) is 54.9 Å². The molecule has 4 N–H and O–H groups in total. The molecule has 0 aliphatic rings. The number of nitrogens with two attached hydrogens (primary N) is 2. The molecule has 0 saturated carbocycles. The van der Waals surface area contributed by atoms with Crippen molar-refractivity contribution in [3.63, 3.8) is 0 Å². The van der Waals surface area contributed by atoms with Gasteiger partial charge in [0.25, 0.3) is 5.91 Å². The number of unbranched alkanes of at least 4 members (excludes halogenated alkanes) is 1. The van der Waals surface area contributed by atoms with Crippen LogP contribution in [0.2, 0.25) is 0 Å². The van der Waals surface area contributed by atoms with E-state index in [1.54, 1.807) is 0 Å². The molecule has 0 bridgehead atoms. The highest BCUT2D eigenvalue weighted by Crippen LogP contribution is 2.30. The van der Waals surface area contributed by atoms with Gasteiger partial charge in [-0.25, -0.2) is 12.8 Å². The van der Waals surface area contributed by atoms with Crippen LogP contribution in [0.4, 0.5) is 4.39 Å². The SMILES string of the molecule is CCCCC(C)c1cc(F)c(C(=O)N=C(N)N)cc1S(C)(=O)=O. The Morgan fingerprint density at radius 1 is 1.35 bits per heavy atom. The number of hydrogen-bond donors (Lipinski definition) is 2. The number of aliphatic imine (C=N–C) groups is 1. The molecule has 1 unspecified atom stereocenters. The van der Waals surface area contributed by atoms with Gasteiger partial charge in [0.2, 0.25) is 0 Å². The van der Waals surface area contributed by atoms with E-state index in [1.165, 1.54) is 0 Å². The van der Waals surface area contributed by atoms with Crippen molar-refractivity contribution in [2.75, 3.05) is 6.26 Å². The third-order valence-corrected chi connectivity index (χ3v) is 4.63. The lowest BCUT2D eigenvalue weighted by atomic mass is 9.94. The molecule has 0 saturated heterocycles. The predicted molar refractivity (Wildman–Crippen MR) is 87.6 cm³/mol. The molecule has 23 heavy (non-hydrogen) atoms. The molecule has 1 aromatic carbocycles. The van der Waals surface area contributed by atoms with Gasteiger partial charge in [0.15, 0.2) is 15.8 Å². The lowest BCUT2D eigenvalue weighted by molar-refractivity contribution is 0.0998. The van der Waals surface area contributed by atoms with Gasteiger partial charge in [-0.2, -0.15) is 4.99 Å². The first-order valence-electron chi connectivity index (χ1n) is 7.25. The number of carbonyl (C=O) groups excluding carboxylic acids is 1. The highest BCUT2D eigenvalue weighted by molar-refractivity contribution is 7.90. The van der Waals surface area contributed by atoms with Crippen LogP contribution < -0.4 is 11.5 Å². The summed E-state index contributed by atoms with van der Waals surface area (Å²) in [5, 5.41) is 0. The fourth-order valence-electron chi connectivity index (χ4n) is 2.28. The van der Waals surface area contributed by atoms with Gasteiger partial charge in [-0.3, -0.25) is 4.79 Å². The van der Waals surface area contributed by atoms with Crippen LogP contribution in [-0.2, 0) is 9.84 Å². The number of rotatable bonds is 6. The molecule has 8 heteroatoms. The third-order valence-electron chi connectivity index (χ3n) is 3.48.